The highest BCUT2D eigenvalue weighted by Crippen LogP contribution is 2.43. The third-order valence-corrected chi connectivity index (χ3v) is 4.28. The zero-order chi connectivity index (χ0) is 13.8. The molecule has 0 spiro atoms. The molecule has 1 N–H and O–H groups in total. The summed E-state index contributed by atoms with van der Waals surface area (Å²) < 4.78 is 37.2. The Morgan fingerprint density at radius 3 is 2.44 bits per heavy atom. The van der Waals surface area contributed by atoms with Crippen LogP contribution in [-0.4, -0.2) is 18.8 Å². The summed E-state index contributed by atoms with van der Waals surface area (Å²) >= 11 is 0. The van der Waals surface area contributed by atoms with Crippen LogP contribution >= 0.6 is 0 Å². The summed E-state index contributed by atoms with van der Waals surface area (Å²) in [5.41, 5.74) is 0.163. The van der Waals surface area contributed by atoms with Crippen molar-refractivity contribution in [3.05, 3.63) is 0 Å². The Morgan fingerprint density at radius 2 is 1.94 bits per heavy atom. The lowest BCUT2D eigenvalue weighted by Crippen LogP contribution is -2.45. The van der Waals surface area contributed by atoms with Gasteiger partial charge in [-0.2, -0.15) is 13.2 Å². The van der Waals surface area contributed by atoms with Crippen molar-refractivity contribution in [2.75, 3.05) is 6.54 Å². The maximum atomic E-state index is 12.4. The van der Waals surface area contributed by atoms with Crippen molar-refractivity contribution in [1.82, 2.24) is 5.32 Å². The Bertz CT molecular complexity index is 248. The summed E-state index contributed by atoms with van der Waals surface area (Å²) in [4.78, 5) is 0. The molecule has 1 rings (SSSR count). The van der Waals surface area contributed by atoms with Gasteiger partial charge in [-0.15, -0.1) is 0 Å². The van der Waals surface area contributed by atoms with Crippen LogP contribution in [0.1, 0.15) is 59.3 Å². The highest BCUT2D eigenvalue weighted by molar-refractivity contribution is 4.90. The summed E-state index contributed by atoms with van der Waals surface area (Å²) in [7, 11) is 0. The molecule has 0 saturated heterocycles. The number of rotatable bonds is 5. The molecule has 2 atom stereocenters. The minimum atomic E-state index is -4.04. The molecule has 108 valence electrons. The molecule has 0 bridgehead atoms. The molecule has 1 saturated carbocycles. The molecule has 1 fully saturated rings. The number of nitrogens with one attached hydrogen (secondary N) is 1. The fraction of sp³-hybridized carbons (Fsp3) is 1.00. The lowest BCUT2D eigenvalue weighted by Gasteiger charge is -2.43. The number of hydrogen-bond acceptors (Lipinski definition) is 1. The molecule has 1 aliphatic rings. The quantitative estimate of drug-likeness (QED) is 0.770. The molecule has 4 heteroatoms. The predicted octanol–water partition coefficient (Wildman–Crippen LogP) is 4.52. The molecule has 0 aliphatic heterocycles. The zero-order valence-corrected chi connectivity index (χ0v) is 11.7. The van der Waals surface area contributed by atoms with Gasteiger partial charge in [0.1, 0.15) is 0 Å². The molecule has 2 unspecified atom stereocenters. The smallest absolute Gasteiger partial charge is 0.314 e. The van der Waals surface area contributed by atoms with E-state index < -0.39 is 12.6 Å². The minimum Gasteiger partial charge on any atom is -0.314 e. The number of halogens is 3. The van der Waals surface area contributed by atoms with Crippen LogP contribution in [0.4, 0.5) is 13.2 Å². The van der Waals surface area contributed by atoms with E-state index in [-0.39, 0.29) is 17.9 Å². The molecule has 0 radical (unpaired) electrons. The second-order valence-corrected chi connectivity index (χ2v) is 6.16. The fourth-order valence-electron chi connectivity index (χ4n) is 3.29. The van der Waals surface area contributed by atoms with Crippen molar-refractivity contribution in [1.29, 1.82) is 0 Å². The Labute approximate surface area is 109 Å². The minimum absolute atomic E-state index is 0.00641. The van der Waals surface area contributed by atoms with Gasteiger partial charge in [0.15, 0.2) is 0 Å². The van der Waals surface area contributed by atoms with Crippen molar-refractivity contribution in [2.24, 2.45) is 11.3 Å². The van der Waals surface area contributed by atoms with E-state index in [1.54, 1.807) is 0 Å². The molecular formula is C14H26F3N. The van der Waals surface area contributed by atoms with E-state index in [1.807, 2.05) is 6.92 Å². The van der Waals surface area contributed by atoms with Crippen LogP contribution in [0.25, 0.3) is 0 Å². The molecule has 0 aromatic heterocycles. The van der Waals surface area contributed by atoms with Crippen LogP contribution in [0.3, 0.4) is 0 Å². The third-order valence-electron chi connectivity index (χ3n) is 4.28. The Morgan fingerprint density at radius 1 is 1.28 bits per heavy atom. The zero-order valence-electron chi connectivity index (χ0n) is 11.7. The number of hydrogen-bond donors (Lipinski definition) is 1. The largest absolute Gasteiger partial charge is 0.389 e. The highest BCUT2D eigenvalue weighted by atomic mass is 19.4. The average molecular weight is 265 g/mol. The Kier molecular flexibility index (Phi) is 5.50. The molecular weight excluding hydrogens is 239 g/mol. The van der Waals surface area contributed by atoms with E-state index in [0.717, 1.165) is 25.8 Å². The first kappa shape index (κ1) is 15.8. The summed E-state index contributed by atoms with van der Waals surface area (Å²) in [6.07, 6.45) is 0.0624. The Hall–Kier alpha value is -0.250. The number of alkyl halides is 3. The van der Waals surface area contributed by atoms with Crippen LogP contribution in [0.5, 0.6) is 0 Å². The van der Waals surface area contributed by atoms with Crippen LogP contribution in [0.15, 0.2) is 0 Å². The van der Waals surface area contributed by atoms with Gasteiger partial charge in [-0.25, -0.2) is 0 Å². The van der Waals surface area contributed by atoms with E-state index in [9.17, 15) is 13.2 Å². The maximum absolute atomic E-state index is 12.4. The molecule has 1 aliphatic carbocycles. The van der Waals surface area contributed by atoms with Crippen molar-refractivity contribution in [3.63, 3.8) is 0 Å². The monoisotopic (exact) mass is 265 g/mol. The topological polar surface area (TPSA) is 12.0 Å². The van der Waals surface area contributed by atoms with E-state index in [0.29, 0.717) is 5.92 Å². The SMILES string of the molecule is CCNC(CCC(F)(F)F)C1CCCCC1(C)C. The summed E-state index contributed by atoms with van der Waals surface area (Å²) in [6, 6.07) is 0.00641. The standard InChI is InChI=1S/C14H26F3N/c1-4-18-12(8-10-14(15,16)17)11-7-5-6-9-13(11,2)3/h11-12,18H,4-10H2,1-3H3. The summed E-state index contributed by atoms with van der Waals surface area (Å²) in [5, 5.41) is 3.28. The van der Waals surface area contributed by atoms with E-state index >= 15 is 0 Å². The first-order valence-corrected chi connectivity index (χ1v) is 7.06. The maximum Gasteiger partial charge on any atom is 0.389 e. The fourth-order valence-corrected chi connectivity index (χ4v) is 3.29. The molecule has 18 heavy (non-hydrogen) atoms. The lowest BCUT2D eigenvalue weighted by molar-refractivity contribution is -0.138. The van der Waals surface area contributed by atoms with Gasteiger partial charge < -0.3 is 5.32 Å². The van der Waals surface area contributed by atoms with Gasteiger partial charge in [0.25, 0.3) is 0 Å². The Balaban J connectivity index is 2.64. The highest BCUT2D eigenvalue weighted by Gasteiger charge is 2.38. The van der Waals surface area contributed by atoms with Gasteiger partial charge in [0.2, 0.25) is 0 Å². The van der Waals surface area contributed by atoms with Crippen LogP contribution in [0, 0.1) is 11.3 Å². The average Bonchev–Trinajstić information content (AvgIpc) is 2.23. The van der Waals surface area contributed by atoms with Crippen molar-refractivity contribution in [2.45, 2.75) is 71.5 Å². The molecule has 0 amide bonds. The summed E-state index contributed by atoms with van der Waals surface area (Å²) in [5.74, 6) is 0.369. The first-order valence-electron chi connectivity index (χ1n) is 7.06. The van der Waals surface area contributed by atoms with Gasteiger partial charge >= 0.3 is 6.18 Å². The molecule has 1 nitrogen and oxygen atoms in total. The first-order chi connectivity index (χ1) is 8.26. The van der Waals surface area contributed by atoms with Crippen LogP contribution < -0.4 is 5.32 Å². The van der Waals surface area contributed by atoms with Crippen molar-refractivity contribution >= 4 is 0 Å². The van der Waals surface area contributed by atoms with E-state index in [1.165, 1.54) is 6.42 Å². The van der Waals surface area contributed by atoms with Gasteiger partial charge in [-0.3, -0.25) is 0 Å². The molecule has 0 aromatic rings. The van der Waals surface area contributed by atoms with Gasteiger partial charge in [-0.05, 0) is 37.1 Å². The summed E-state index contributed by atoms with van der Waals surface area (Å²) in [6.45, 7) is 7.12. The molecule has 0 heterocycles. The van der Waals surface area contributed by atoms with Gasteiger partial charge in [-0.1, -0.05) is 33.6 Å². The lowest BCUT2D eigenvalue weighted by atomic mass is 9.65. The van der Waals surface area contributed by atoms with Crippen molar-refractivity contribution < 1.29 is 13.2 Å². The second-order valence-electron chi connectivity index (χ2n) is 6.16. The van der Waals surface area contributed by atoms with E-state index in [4.69, 9.17) is 0 Å². The van der Waals surface area contributed by atoms with Crippen LogP contribution in [-0.2, 0) is 0 Å². The van der Waals surface area contributed by atoms with Gasteiger partial charge in [0, 0.05) is 12.5 Å². The van der Waals surface area contributed by atoms with Crippen LogP contribution in [0.2, 0.25) is 0 Å². The van der Waals surface area contributed by atoms with Gasteiger partial charge in [0.05, 0.1) is 0 Å². The van der Waals surface area contributed by atoms with Crippen molar-refractivity contribution in [3.8, 4) is 0 Å². The molecule has 0 aromatic carbocycles. The second kappa shape index (κ2) is 6.27. The normalized spacial score (nSPS) is 26.0. The van der Waals surface area contributed by atoms with E-state index in [2.05, 4.69) is 19.2 Å². The third kappa shape index (κ3) is 4.79. The predicted molar refractivity (Wildman–Crippen MR) is 68.5 cm³/mol.